The number of nitrogens with zero attached hydrogens (tertiary/aromatic N) is 5. The molecule has 0 N–H and O–H groups in total. The van der Waals surface area contributed by atoms with Crippen LogP contribution in [0.1, 0.15) is 35.2 Å². The SMILES string of the molecule is N#Cc1cccnc1OCC1CCN(c2nc3c(cc2C#N)COCC3)CC1. The van der Waals surface area contributed by atoms with Crippen LogP contribution in [0.2, 0.25) is 0 Å². The van der Waals surface area contributed by atoms with E-state index in [4.69, 9.17) is 19.7 Å². The Kier molecular flexibility index (Phi) is 5.36. The van der Waals surface area contributed by atoms with E-state index in [1.165, 1.54) is 0 Å². The summed E-state index contributed by atoms with van der Waals surface area (Å²) >= 11 is 0. The van der Waals surface area contributed by atoms with Crippen LogP contribution < -0.4 is 9.64 Å². The molecule has 28 heavy (non-hydrogen) atoms. The van der Waals surface area contributed by atoms with Gasteiger partial charge in [-0.2, -0.15) is 10.5 Å². The Morgan fingerprint density at radius 2 is 2.04 bits per heavy atom. The van der Waals surface area contributed by atoms with E-state index < -0.39 is 0 Å². The third-order valence-electron chi connectivity index (χ3n) is 5.29. The van der Waals surface area contributed by atoms with E-state index in [-0.39, 0.29) is 0 Å². The quantitative estimate of drug-likeness (QED) is 0.810. The number of nitriles is 2. The number of hydrogen-bond acceptors (Lipinski definition) is 7. The lowest BCUT2D eigenvalue weighted by Gasteiger charge is -2.33. The fraction of sp³-hybridized carbons (Fsp3) is 0.429. The molecular formula is C21H21N5O2. The molecule has 2 aliphatic heterocycles. The highest BCUT2D eigenvalue weighted by atomic mass is 16.5. The van der Waals surface area contributed by atoms with Crippen molar-refractivity contribution in [3.05, 3.63) is 46.8 Å². The van der Waals surface area contributed by atoms with Crippen molar-refractivity contribution < 1.29 is 9.47 Å². The van der Waals surface area contributed by atoms with Crippen LogP contribution in [0.25, 0.3) is 0 Å². The number of aromatic nitrogens is 2. The van der Waals surface area contributed by atoms with Gasteiger partial charge in [-0.15, -0.1) is 0 Å². The first-order valence-corrected chi connectivity index (χ1v) is 9.52. The fourth-order valence-corrected chi connectivity index (χ4v) is 3.70. The molecule has 0 bridgehead atoms. The molecule has 0 radical (unpaired) electrons. The highest BCUT2D eigenvalue weighted by Gasteiger charge is 2.25. The van der Waals surface area contributed by atoms with Gasteiger partial charge in [-0.25, -0.2) is 9.97 Å². The smallest absolute Gasteiger partial charge is 0.231 e. The molecule has 0 aromatic carbocycles. The molecule has 2 aromatic rings. The third-order valence-corrected chi connectivity index (χ3v) is 5.29. The molecule has 4 heterocycles. The molecule has 0 aliphatic carbocycles. The summed E-state index contributed by atoms with van der Waals surface area (Å²) in [6, 6.07) is 9.76. The van der Waals surface area contributed by atoms with E-state index in [1.54, 1.807) is 18.3 Å². The number of hydrogen-bond donors (Lipinski definition) is 0. The monoisotopic (exact) mass is 375 g/mol. The zero-order valence-corrected chi connectivity index (χ0v) is 15.6. The molecule has 1 saturated heterocycles. The Labute approximate surface area is 164 Å². The van der Waals surface area contributed by atoms with Crippen LogP contribution in [0, 0.1) is 28.6 Å². The summed E-state index contributed by atoms with van der Waals surface area (Å²) in [6.45, 7) is 3.42. The van der Waals surface area contributed by atoms with E-state index in [0.29, 0.717) is 42.7 Å². The Morgan fingerprint density at radius 3 is 2.82 bits per heavy atom. The number of ether oxygens (including phenoxy) is 2. The van der Waals surface area contributed by atoms with Gasteiger partial charge in [0.15, 0.2) is 0 Å². The molecule has 1 fully saturated rings. The topological polar surface area (TPSA) is 95.1 Å². The van der Waals surface area contributed by atoms with Gasteiger partial charge >= 0.3 is 0 Å². The average molecular weight is 375 g/mol. The maximum absolute atomic E-state index is 9.55. The van der Waals surface area contributed by atoms with Crippen LogP contribution in [0.4, 0.5) is 5.82 Å². The summed E-state index contributed by atoms with van der Waals surface area (Å²) in [5.74, 6) is 1.58. The van der Waals surface area contributed by atoms with Crippen molar-refractivity contribution in [1.29, 1.82) is 10.5 Å². The largest absolute Gasteiger partial charge is 0.476 e. The molecule has 2 aliphatic rings. The maximum Gasteiger partial charge on any atom is 0.231 e. The Bertz CT molecular complexity index is 939. The molecule has 0 unspecified atom stereocenters. The summed E-state index contributed by atoms with van der Waals surface area (Å²) in [4.78, 5) is 11.1. The van der Waals surface area contributed by atoms with Crippen molar-refractivity contribution in [2.75, 3.05) is 31.2 Å². The zero-order valence-electron chi connectivity index (χ0n) is 15.6. The highest BCUT2D eigenvalue weighted by Crippen LogP contribution is 2.28. The summed E-state index contributed by atoms with van der Waals surface area (Å²) in [5, 5.41) is 18.7. The van der Waals surface area contributed by atoms with Crippen LogP contribution in [0.15, 0.2) is 24.4 Å². The molecule has 0 atom stereocenters. The maximum atomic E-state index is 9.55. The van der Waals surface area contributed by atoms with E-state index in [1.807, 2.05) is 6.07 Å². The predicted octanol–water partition coefficient (Wildman–Crippen LogP) is 2.59. The lowest BCUT2D eigenvalue weighted by Crippen LogP contribution is -2.37. The summed E-state index contributed by atoms with van der Waals surface area (Å²) in [5.41, 5.74) is 3.15. The second-order valence-corrected chi connectivity index (χ2v) is 7.09. The second-order valence-electron chi connectivity index (χ2n) is 7.09. The Hall–Kier alpha value is -3.16. The van der Waals surface area contributed by atoms with Gasteiger partial charge in [-0.3, -0.25) is 0 Å². The first-order valence-electron chi connectivity index (χ1n) is 9.52. The summed E-state index contributed by atoms with van der Waals surface area (Å²) < 4.78 is 11.3. The highest BCUT2D eigenvalue weighted by molar-refractivity contribution is 5.56. The molecule has 0 amide bonds. The van der Waals surface area contributed by atoms with Crippen molar-refractivity contribution >= 4 is 5.82 Å². The third kappa shape index (κ3) is 3.76. The van der Waals surface area contributed by atoms with Gasteiger partial charge in [0, 0.05) is 31.3 Å². The molecule has 4 rings (SSSR count). The lowest BCUT2D eigenvalue weighted by molar-refractivity contribution is 0.109. The van der Waals surface area contributed by atoms with Crippen LogP contribution >= 0.6 is 0 Å². The molecule has 0 spiro atoms. The molecule has 7 nitrogen and oxygen atoms in total. The van der Waals surface area contributed by atoms with E-state index in [2.05, 4.69) is 22.0 Å². The van der Waals surface area contributed by atoms with Gasteiger partial charge in [-0.05, 0) is 37.0 Å². The van der Waals surface area contributed by atoms with Gasteiger partial charge in [0.25, 0.3) is 0 Å². The number of piperidine rings is 1. The Morgan fingerprint density at radius 1 is 1.21 bits per heavy atom. The van der Waals surface area contributed by atoms with Crippen LogP contribution in [-0.2, 0) is 17.8 Å². The minimum Gasteiger partial charge on any atom is -0.476 e. The van der Waals surface area contributed by atoms with Gasteiger partial charge in [-0.1, -0.05) is 0 Å². The van der Waals surface area contributed by atoms with Crippen molar-refractivity contribution in [2.45, 2.75) is 25.9 Å². The van der Waals surface area contributed by atoms with Crippen LogP contribution in [0.3, 0.4) is 0 Å². The van der Waals surface area contributed by atoms with Gasteiger partial charge in [0.2, 0.25) is 5.88 Å². The summed E-state index contributed by atoms with van der Waals surface area (Å²) in [7, 11) is 0. The van der Waals surface area contributed by atoms with E-state index >= 15 is 0 Å². The molecule has 2 aromatic heterocycles. The number of anilines is 1. The molecule has 7 heteroatoms. The van der Waals surface area contributed by atoms with Gasteiger partial charge < -0.3 is 14.4 Å². The fourth-order valence-electron chi connectivity index (χ4n) is 3.70. The standard InChI is InChI=1S/C21H21N5O2/c22-11-16-2-1-6-24-21(16)28-13-15-3-7-26(8-4-15)20-17(12-23)10-18-14-27-9-5-19(18)25-20/h1-2,6,10,15H,3-5,7-9,13-14H2. The van der Waals surface area contributed by atoms with E-state index in [0.717, 1.165) is 49.4 Å². The lowest BCUT2D eigenvalue weighted by atomic mass is 9.97. The zero-order chi connectivity index (χ0) is 19.3. The van der Waals surface area contributed by atoms with Crippen molar-refractivity contribution in [1.82, 2.24) is 9.97 Å². The number of pyridine rings is 2. The van der Waals surface area contributed by atoms with Crippen molar-refractivity contribution in [3.63, 3.8) is 0 Å². The number of fused-ring (bicyclic) bond motifs is 1. The first-order chi connectivity index (χ1) is 13.8. The molecule has 0 saturated carbocycles. The summed E-state index contributed by atoms with van der Waals surface area (Å²) in [6.07, 6.45) is 4.32. The van der Waals surface area contributed by atoms with Crippen molar-refractivity contribution in [2.24, 2.45) is 5.92 Å². The minimum atomic E-state index is 0.390. The normalized spacial score (nSPS) is 16.7. The molecule has 142 valence electrons. The predicted molar refractivity (Wildman–Crippen MR) is 102 cm³/mol. The Balaban J connectivity index is 1.39. The number of rotatable bonds is 4. The van der Waals surface area contributed by atoms with Gasteiger partial charge in [0.1, 0.15) is 23.5 Å². The van der Waals surface area contributed by atoms with Crippen LogP contribution in [-0.4, -0.2) is 36.3 Å². The average Bonchev–Trinajstić information content (AvgIpc) is 2.77. The second kappa shape index (κ2) is 8.24. The van der Waals surface area contributed by atoms with Crippen LogP contribution in [0.5, 0.6) is 5.88 Å². The first kappa shape index (κ1) is 18.2. The van der Waals surface area contributed by atoms with Crippen molar-refractivity contribution in [3.8, 4) is 18.0 Å². The molecular weight excluding hydrogens is 354 g/mol. The van der Waals surface area contributed by atoms with E-state index in [9.17, 15) is 5.26 Å². The minimum absolute atomic E-state index is 0.390. The van der Waals surface area contributed by atoms with Gasteiger partial charge in [0.05, 0.1) is 31.1 Å².